The molecule has 0 amide bonds. The number of rotatable bonds is 6. The van der Waals surface area contributed by atoms with Gasteiger partial charge >= 0.3 is 11.7 Å². The summed E-state index contributed by atoms with van der Waals surface area (Å²) in [4.78, 5) is 26.8. The molecule has 0 bridgehead atoms. The fraction of sp³-hybridized carbons (Fsp3) is 0.391. The Balaban J connectivity index is 1.72. The molecule has 0 unspecified atom stereocenters. The van der Waals surface area contributed by atoms with Gasteiger partial charge in [-0.3, -0.25) is 13.9 Å². The van der Waals surface area contributed by atoms with Gasteiger partial charge in [-0.15, -0.1) is 0 Å². The first-order valence-corrected chi connectivity index (χ1v) is 10.9. The van der Waals surface area contributed by atoms with Crippen LogP contribution in [0, 0.1) is 0 Å². The van der Waals surface area contributed by atoms with Crippen molar-refractivity contribution >= 4 is 28.6 Å². The molecule has 8 heteroatoms. The molecular formula is C23H27ClN4O3. The van der Waals surface area contributed by atoms with E-state index in [9.17, 15) is 9.59 Å². The third kappa shape index (κ3) is 4.26. The summed E-state index contributed by atoms with van der Waals surface area (Å²) in [5, 5.41) is 9.49. The lowest BCUT2D eigenvalue weighted by atomic mass is 10.1. The Hall–Kier alpha value is -2.61. The van der Waals surface area contributed by atoms with Gasteiger partial charge in [-0.05, 0) is 75.6 Å². The summed E-state index contributed by atoms with van der Waals surface area (Å²) < 4.78 is 3.58. The van der Waals surface area contributed by atoms with Gasteiger partial charge in [0.25, 0.3) is 0 Å². The molecule has 2 aromatic carbocycles. The number of carboxylic acid groups (broad SMARTS) is 1. The summed E-state index contributed by atoms with van der Waals surface area (Å²) in [5.41, 5.74) is 8.79. The number of aryl methyl sites for hydroxylation is 1. The van der Waals surface area contributed by atoms with Crippen molar-refractivity contribution in [2.75, 3.05) is 20.1 Å². The van der Waals surface area contributed by atoms with E-state index < -0.39 is 12.0 Å². The van der Waals surface area contributed by atoms with E-state index >= 15 is 0 Å². The number of nitrogens with zero attached hydrogens (tertiary/aromatic N) is 3. The average Bonchev–Trinajstić information content (AvgIpc) is 3.06. The third-order valence-corrected chi connectivity index (χ3v) is 6.46. The predicted octanol–water partition coefficient (Wildman–Crippen LogP) is 3.06. The summed E-state index contributed by atoms with van der Waals surface area (Å²) in [5.74, 6) is -1.00. The Labute approximate surface area is 185 Å². The molecule has 1 aliphatic heterocycles. The number of aromatic nitrogens is 2. The lowest BCUT2D eigenvalue weighted by Crippen LogP contribution is -2.35. The van der Waals surface area contributed by atoms with Crippen LogP contribution in [-0.4, -0.2) is 51.3 Å². The van der Waals surface area contributed by atoms with Crippen molar-refractivity contribution in [1.29, 1.82) is 0 Å². The van der Waals surface area contributed by atoms with Crippen LogP contribution in [0.15, 0.2) is 47.3 Å². The third-order valence-electron chi connectivity index (χ3n) is 6.15. The molecule has 7 nitrogen and oxygen atoms in total. The maximum absolute atomic E-state index is 13.6. The molecule has 1 aliphatic rings. The minimum absolute atomic E-state index is 0.0849. The number of para-hydroxylation sites is 1. The van der Waals surface area contributed by atoms with Crippen LogP contribution in [-0.2, 0) is 11.2 Å². The van der Waals surface area contributed by atoms with Crippen LogP contribution in [0.4, 0.5) is 0 Å². The highest BCUT2D eigenvalue weighted by Crippen LogP contribution is 2.30. The lowest BCUT2D eigenvalue weighted by Gasteiger charge is -2.29. The van der Waals surface area contributed by atoms with E-state index in [1.807, 2.05) is 41.0 Å². The zero-order valence-corrected chi connectivity index (χ0v) is 18.3. The SMILES string of the molecule is CN1CCC(n2c(=O)n(-c3ccc(CC[C@H](N)C(=O)O)cc3)c3c(Cl)cccc32)CC1. The average molecular weight is 443 g/mol. The van der Waals surface area contributed by atoms with Gasteiger partial charge in [0.2, 0.25) is 0 Å². The monoisotopic (exact) mass is 442 g/mol. The Kier molecular flexibility index (Phi) is 6.18. The molecule has 3 aromatic rings. The predicted molar refractivity (Wildman–Crippen MR) is 122 cm³/mol. The number of aliphatic carboxylic acids is 1. The zero-order chi connectivity index (χ0) is 22.1. The number of hydrogen-bond acceptors (Lipinski definition) is 4. The second-order valence-electron chi connectivity index (χ2n) is 8.28. The molecule has 0 spiro atoms. The second kappa shape index (κ2) is 8.86. The molecule has 1 atom stereocenters. The van der Waals surface area contributed by atoms with Gasteiger partial charge in [-0.1, -0.05) is 29.8 Å². The highest BCUT2D eigenvalue weighted by molar-refractivity contribution is 6.35. The van der Waals surface area contributed by atoms with Crippen molar-refractivity contribution < 1.29 is 9.90 Å². The van der Waals surface area contributed by atoms with Gasteiger partial charge in [0.1, 0.15) is 6.04 Å². The van der Waals surface area contributed by atoms with E-state index in [2.05, 4.69) is 11.9 Å². The summed E-state index contributed by atoms with van der Waals surface area (Å²) in [6.45, 7) is 1.91. The van der Waals surface area contributed by atoms with Crippen LogP contribution < -0.4 is 11.4 Å². The molecule has 0 saturated carbocycles. The minimum atomic E-state index is -1.00. The van der Waals surface area contributed by atoms with Gasteiger partial charge in [0, 0.05) is 6.04 Å². The molecule has 2 heterocycles. The number of piperidine rings is 1. The molecule has 31 heavy (non-hydrogen) atoms. The van der Waals surface area contributed by atoms with Crippen molar-refractivity contribution in [1.82, 2.24) is 14.0 Å². The highest BCUT2D eigenvalue weighted by Gasteiger charge is 2.25. The maximum atomic E-state index is 13.6. The number of likely N-dealkylation sites (tertiary alicyclic amines) is 1. The summed E-state index contributed by atoms with van der Waals surface area (Å²) >= 11 is 6.55. The molecule has 1 aromatic heterocycles. The maximum Gasteiger partial charge on any atom is 0.334 e. The largest absolute Gasteiger partial charge is 0.480 e. The van der Waals surface area contributed by atoms with E-state index in [4.69, 9.17) is 22.4 Å². The van der Waals surface area contributed by atoms with Crippen molar-refractivity contribution in [2.45, 2.75) is 37.8 Å². The van der Waals surface area contributed by atoms with Crippen molar-refractivity contribution in [3.8, 4) is 5.69 Å². The number of hydrogen-bond donors (Lipinski definition) is 2. The van der Waals surface area contributed by atoms with Gasteiger partial charge < -0.3 is 15.7 Å². The number of benzene rings is 2. The van der Waals surface area contributed by atoms with Gasteiger partial charge in [0.05, 0.1) is 21.7 Å². The Morgan fingerprint density at radius 3 is 2.52 bits per heavy atom. The summed E-state index contributed by atoms with van der Waals surface area (Å²) in [7, 11) is 2.10. The van der Waals surface area contributed by atoms with E-state index in [1.165, 1.54) is 0 Å². The first-order chi connectivity index (χ1) is 14.9. The molecule has 1 fully saturated rings. The van der Waals surface area contributed by atoms with Crippen LogP contribution in [0.25, 0.3) is 16.7 Å². The number of imidazole rings is 1. The van der Waals surface area contributed by atoms with Gasteiger partial charge in [-0.25, -0.2) is 4.79 Å². The van der Waals surface area contributed by atoms with Crippen molar-refractivity contribution in [3.63, 3.8) is 0 Å². The van der Waals surface area contributed by atoms with Crippen LogP contribution in [0.3, 0.4) is 0 Å². The van der Waals surface area contributed by atoms with E-state index in [0.717, 1.165) is 42.7 Å². The van der Waals surface area contributed by atoms with Crippen LogP contribution in [0.1, 0.15) is 30.9 Å². The van der Waals surface area contributed by atoms with Crippen molar-refractivity contribution in [2.24, 2.45) is 5.73 Å². The van der Waals surface area contributed by atoms with Gasteiger partial charge in [-0.2, -0.15) is 0 Å². The lowest BCUT2D eigenvalue weighted by molar-refractivity contribution is -0.138. The smallest absolute Gasteiger partial charge is 0.334 e. The highest BCUT2D eigenvalue weighted by atomic mass is 35.5. The molecule has 164 valence electrons. The van der Waals surface area contributed by atoms with Gasteiger partial charge in [0.15, 0.2) is 0 Å². The molecule has 0 radical (unpaired) electrons. The van der Waals surface area contributed by atoms with Crippen molar-refractivity contribution in [3.05, 3.63) is 63.5 Å². The number of fused-ring (bicyclic) bond motifs is 1. The summed E-state index contributed by atoms with van der Waals surface area (Å²) in [6.07, 6.45) is 2.76. The standard InChI is InChI=1S/C23H27ClN4O3/c1-26-13-11-17(12-14-26)27-20-4-2-3-18(24)21(20)28(23(27)31)16-8-5-15(6-9-16)7-10-19(25)22(29)30/h2-6,8-9,17,19H,7,10-14,25H2,1H3,(H,29,30)/t19-/m0/s1. The molecule has 4 rings (SSSR count). The van der Waals surface area contributed by atoms with E-state index in [-0.39, 0.29) is 11.7 Å². The minimum Gasteiger partial charge on any atom is -0.480 e. The molecular weight excluding hydrogens is 416 g/mol. The Bertz CT molecular complexity index is 1140. The van der Waals surface area contributed by atoms with E-state index in [0.29, 0.717) is 23.4 Å². The fourth-order valence-electron chi connectivity index (χ4n) is 4.33. The number of carbonyl (C=O) groups is 1. The van der Waals surface area contributed by atoms with Crippen LogP contribution >= 0.6 is 11.6 Å². The van der Waals surface area contributed by atoms with E-state index in [1.54, 1.807) is 10.6 Å². The Morgan fingerprint density at radius 2 is 1.87 bits per heavy atom. The molecule has 3 N–H and O–H groups in total. The first-order valence-electron chi connectivity index (χ1n) is 10.5. The second-order valence-corrected chi connectivity index (χ2v) is 8.69. The van der Waals surface area contributed by atoms with Crippen LogP contribution in [0.5, 0.6) is 0 Å². The zero-order valence-electron chi connectivity index (χ0n) is 17.5. The van der Waals surface area contributed by atoms with Crippen LogP contribution in [0.2, 0.25) is 5.02 Å². The normalized spacial score (nSPS) is 16.6. The Morgan fingerprint density at radius 1 is 1.19 bits per heavy atom. The number of halogens is 1. The quantitative estimate of drug-likeness (QED) is 0.612. The fourth-order valence-corrected chi connectivity index (χ4v) is 4.58. The topological polar surface area (TPSA) is 93.5 Å². The summed E-state index contributed by atoms with van der Waals surface area (Å²) in [6, 6.07) is 12.5. The number of nitrogens with two attached hydrogens (primary N) is 1. The first kappa shape index (κ1) is 21.6. The molecule has 0 aliphatic carbocycles. The molecule has 1 saturated heterocycles. The number of carboxylic acids is 1.